The Labute approximate surface area is 145 Å². The number of piperidine rings is 1. The van der Waals surface area contributed by atoms with Crippen molar-refractivity contribution in [1.29, 1.82) is 0 Å². The van der Waals surface area contributed by atoms with Crippen molar-refractivity contribution in [3.05, 3.63) is 42.0 Å². The van der Waals surface area contributed by atoms with Gasteiger partial charge < -0.3 is 15.0 Å². The quantitative estimate of drug-likeness (QED) is 0.587. The summed E-state index contributed by atoms with van der Waals surface area (Å²) in [6.45, 7) is 10.2. The minimum absolute atomic E-state index is 0.0183. The summed E-state index contributed by atoms with van der Waals surface area (Å²) in [6.07, 6.45) is 6.10. The topological polar surface area (TPSA) is 41.6 Å². The van der Waals surface area contributed by atoms with Gasteiger partial charge in [0.2, 0.25) is 0 Å². The number of carbonyl (C=O) groups excluding carboxylic acids is 1. The highest BCUT2D eigenvalue weighted by Crippen LogP contribution is 2.21. The number of hydrogen-bond acceptors (Lipinski definition) is 3. The molecule has 1 saturated heterocycles. The maximum Gasteiger partial charge on any atom is 0.251 e. The van der Waals surface area contributed by atoms with E-state index in [1.54, 1.807) is 7.11 Å². The lowest BCUT2D eigenvalue weighted by Gasteiger charge is -2.30. The highest BCUT2D eigenvalue weighted by molar-refractivity contribution is 5.94. The fourth-order valence-electron chi connectivity index (χ4n) is 3.13. The second-order valence-corrected chi connectivity index (χ2v) is 6.65. The van der Waals surface area contributed by atoms with Gasteiger partial charge in [0.1, 0.15) is 5.75 Å². The Hall–Kier alpha value is -1.81. The van der Waals surface area contributed by atoms with E-state index in [0.717, 1.165) is 30.2 Å². The molecule has 2 rings (SSSR count). The third kappa shape index (κ3) is 5.38. The van der Waals surface area contributed by atoms with Crippen LogP contribution in [0.15, 0.2) is 30.9 Å². The van der Waals surface area contributed by atoms with Gasteiger partial charge in [0, 0.05) is 12.1 Å². The van der Waals surface area contributed by atoms with Crippen LogP contribution in [-0.4, -0.2) is 44.1 Å². The molecule has 0 saturated carbocycles. The Bertz CT molecular complexity index is 549. The fraction of sp³-hybridized carbons (Fsp3) is 0.550. The van der Waals surface area contributed by atoms with Crippen LogP contribution in [0.3, 0.4) is 0 Å². The number of allylic oxidation sites excluding steroid dienone is 1. The number of rotatable bonds is 8. The summed E-state index contributed by atoms with van der Waals surface area (Å²) < 4.78 is 5.32. The van der Waals surface area contributed by atoms with Crippen LogP contribution >= 0.6 is 0 Å². The number of hydrogen-bond donors (Lipinski definition) is 1. The van der Waals surface area contributed by atoms with E-state index in [2.05, 4.69) is 23.7 Å². The van der Waals surface area contributed by atoms with Gasteiger partial charge in [0.05, 0.1) is 7.11 Å². The number of benzene rings is 1. The zero-order valence-corrected chi connectivity index (χ0v) is 15.0. The molecule has 1 heterocycles. The van der Waals surface area contributed by atoms with Crippen molar-refractivity contribution in [2.24, 2.45) is 5.92 Å². The maximum absolute atomic E-state index is 12.3. The van der Waals surface area contributed by atoms with Crippen LogP contribution in [0.2, 0.25) is 0 Å². The van der Waals surface area contributed by atoms with Crippen molar-refractivity contribution in [3.63, 3.8) is 0 Å². The Balaban J connectivity index is 1.77. The summed E-state index contributed by atoms with van der Waals surface area (Å²) in [5.41, 5.74) is 1.67. The summed E-state index contributed by atoms with van der Waals surface area (Å²) in [6, 6.07) is 5.55. The SMILES string of the molecule is C=CCc1cc(C(=O)NCCCN2CCC(C)CC2)ccc1OC. The highest BCUT2D eigenvalue weighted by atomic mass is 16.5. The van der Waals surface area contributed by atoms with E-state index in [9.17, 15) is 4.79 Å². The van der Waals surface area contributed by atoms with Gasteiger partial charge in [-0.25, -0.2) is 0 Å². The first-order valence-corrected chi connectivity index (χ1v) is 8.92. The van der Waals surface area contributed by atoms with Crippen molar-refractivity contribution >= 4 is 5.91 Å². The van der Waals surface area contributed by atoms with Crippen LogP contribution < -0.4 is 10.1 Å². The Kier molecular flexibility index (Phi) is 7.32. The maximum atomic E-state index is 12.3. The van der Waals surface area contributed by atoms with Gasteiger partial charge in [0.15, 0.2) is 0 Å². The fourth-order valence-corrected chi connectivity index (χ4v) is 3.13. The third-order valence-corrected chi connectivity index (χ3v) is 4.72. The predicted octanol–water partition coefficient (Wildman–Crippen LogP) is 3.28. The molecule has 24 heavy (non-hydrogen) atoms. The summed E-state index contributed by atoms with van der Waals surface area (Å²) in [5.74, 6) is 1.64. The number of carbonyl (C=O) groups is 1. The van der Waals surface area contributed by atoms with Crippen LogP contribution in [0.5, 0.6) is 5.75 Å². The molecule has 1 aliphatic rings. The molecule has 4 nitrogen and oxygen atoms in total. The molecular weight excluding hydrogens is 300 g/mol. The number of ether oxygens (including phenoxy) is 1. The molecule has 0 unspecified atom stereocenters. The normalized spacial score (nSPS) is 15.9. The van der Waals surface area contributed by atoms with Gasteiger partial charge in [0.25, 0.3) is 5.91 Å². The van der Waals surface area contributed by atoms with E-state index >= 15 is 0 Å². The zero-order chi connectivity index (χ0) is 17.4. The Morgan fingerprint density at radius 1 is 1.42 bits per heavy atom. The first-order chi connectivity index (χ1) is 11.6. The summed E-state index contributed by atoms with van der Waals surface area (Å²) >= 11 is 0. The smallest absolute Gasteiger partial charge is 0.251 e. The molecule has 1 fully saturated rings. The average molecular weight is 330 g/mol. The monoisotopic (exact) mass is 330 g/mol. The average Bonchev–Trinajstić information content (AvgIpc) is 2.60. The van der Waals surface area contributed by atoms with E-state index in [0.29, 0.717) is 18.5 Å². The summed E-state index contributed by atoms with van der Waals surface area (Å²) in [7, 11) is 1.64. The molecule has 132 valence electrons. The first kappa shape index (κ1) is 18.5. The van der Waals surface area contributed by atoms with Crippen LogP contribution in [0, 0.1) is 5.92 Å². The van der Waals surface area contributed by atoms with Gasteiger partial charge >= 0.3 is 0 Å². The molecule has 1 aliphatic heterocycles. The van der Waals surface area contributed by atoms with Gasteiger partial charge in [-0.2, -0.15) is 0 Å². The number of amides is 1. The Morgan fingerprint density at radius 2 is 2.17 bits per heavy atom. The molecule has 0 radical (unpaired) electrons. The van der Waals surface area contributed by atoms with E-state index in [1.807, 2.05) is 24.3 Å². The minimum Gasteiger partial charge on any atom is -0.496 e. The summed E-state index contributed by atoms with van der Waals surface area (Å²) in [5, 5.41) is 3.02. The Morgan fingerprint density at radius 3 is 2.83 bits per heavy atom. The summed E-state index contributed by atoms with van der Waals surface area (Å²) in [4.78, 5) is 14.8. The van der Waals surface area contributed by atoms with E-state index in [1.165, 1.54) is 25.9 Å². The predicted molar refractivity (Wildman–Crippen MR) is 98.7 cm³/mol. The van der Waals surface area contributed by atoms with Crippen molar-refractivity contribution in [3.8, 4) is 5.75 Å². The molecular formula is C20H30N2O2. The second kappa shape index (κ2) is 9.48. The van der Waals surface area contributed by atoms with Crippen LogP contribution in [0.25, 0.3) is 0 Å². The van der Waals surface area contributed by atoms with Gasteiger partial charge in [-0.05, 0) is 75.0 Å². The molecule has 0 bridgehead atoms. The number of nitrogens with one attached hydrogen (secondary N) is 1. The molecule has 1 amide bonds. The van der Waals surface area contributed by atoms with Gasteiger partial charge in [-0.1, -0.05) is 13.0 Å². The van der Waals surface area contributed by atoms with Gasteiger partial charge in [-0.3, -0.25) is 4.79 Å². The number of methoxy groups -OCH3 is 1. The second-order valence-electron chi connectivity index (χ2n) is 6.65. The largest absolute Gasteiger partial charge is 0.496 e. The molecule has 0 spiro atoms. The van der Waals surface area contributed by atoms with E-state index in [-0.39, 0.29) is 5.91 Å². The molecule has 1 aromatic rings. The standard InChI is InChI=1S/C20H30N2O2/c1-4-6-17-15-18(7-8-19(17)24-3)20(23)21-11-5-12-22-13-9-16(2)10-14-22/h4,7-8,15-16H,1,5-6,9-14H2,2-3H3,(H,21,23). The van der Waals surface area contributed by atoms with Gasteiger partial charge in [-0.15, -0.1) is 6.58 Å². The molecule has 4 heteroatoms. The van der Waals surface area contributed by atoms with Crippen molar-refractivity contribution < 1.29 is 9.53 Å². The van der Waals surface area contributed by atoms with Crippen LogP contribution in [0.4, 0.5) is 0 Å². The molecule has 0 atom stereocenters. The molecule has 0 aromatic heterocycles. The molecule has 1 aromatic carbocycles. The van der Waals surface area contributed by atoms with E-state index in [4.69, 9.17) is 4.74 Å². The van der Waals surface area contributed by atoms with Crippen LogP contribution in [-0.2, 0) is 6.42 Å². The lowest BCUT2D eigenvalue weighted by atomic mass is 9.99. The van der Waals surface area contributed by atoms with Crippen LogP contribution in [0.1, 0.15) is 42.1 Å². The molecule has 0 aliphatic carbocycles. The number of likely N-dealkylation sites (tertiary alicyclic amines) is 1. The lowest BCUT2D eigenvalue weighted by molar-refractivity contribution is 0.0950. The van der Waals surface area contributed by atoms with Crippen molar-refractivity contribution in [2.75, 3.05) is 33.3 Å². The van der Waals surface area contributed by atoms with Crippen molar-refractivity contribution in [2.45, 2.75) is 32.6 Å². The third-order valence-electron chi connectivity index (χ3n) is 4.72. The number of nitrogens with zero attached hydrogens (tertiary/aromatic N) is 1. The van der Waals surface area contributed by atoms with Crippen molar-refractivity contribution in [1.82, 2.24) is 10.2 Å². The van der Waals surface area contributed by atoms with E-state index < -0.39 is 0 Å². The lowest BCUT2D eigenvalue weighted by Crippen LogP contribution is -2.35. The minimum atomic E-state index is -0.0183. The first-order valence-electron chi connectivity index (χ1n) is 8.92. The molecule has 1 N–H and O–H groups in total. The zero-order valence-electron chi connectivity index (χ0n) is 15.0. The highest BCUT2D eigenvalue weighted by Gasteiger charge is 2.15.